The molecule has 0 aromatic carbocycles. The lowest BCUT2D eigenvalue weighted by Crippen LogP contribution is -2.11. The quantitative estimate of drug-likeness (QED) is 0.603. The fourth-order valence-corrected chi connectivity index (χ4v) is 2.57. The Hall–Kier alpha value is -4.06. The molecule has 0 radical (unpaired) electrons. The van der Waals surface area contributed by atoms with Crippen LogP contribution in [0.1, 0.15) is 10.4 Å². The van der Waals surface area contributed by atoms with Gasteiger partial charge in [-0.15, -0.1) is 0 Å². The van der Waals surface area contributed by atoms with Gasteiger partial charge in [0.15, 0.2) is 5.65 Å². The smallest absolute Gasteiger partial charge is 0.261 e. The Balaban J connectivity index is 1.67. The number of carbonyl (C=O) groups excluding carboxylic acids is 1. The molecule has 26 heavy (non-hydrogen) atoms. The number of nitrogens with one attached hydrogen (secondary N) is 1. The molecular formula is C17H12N8O. The van der Waals surface area contributed by atoms with Crippen LogP contribution in [0, 0.1) is 11.3 Å². The molecule has 0 aliphatic rings. The van der Waals surface area contributed by atoms with Crippen molar-refractivity contribution in [3.05, 3.63) is 60.9 Å². The van der Waals surface area contributed by atoms with Crippen LogP contribution in [0.2, 0.25) is 0 Å². The highest BCUT2D eigenvalue weighted by Gasteiger charge is 2.17. The summed E-state index contributed by atoms with van der Waals surface area (Å²) >= 11 is 0. The Labute approximate surface area is 147 Å². The minimum atomic E-state index is -0.354. The summed E-state index contributed by atoms with van der Waals surface area (Å²) in [4.78, 5) is 21.0. The van der Waals surface area contributed by atoms with E-state index in [0.29, 0.717) is 16.9 Å². The minimum Gasteiger partial charge on any atom is -0.319 e. The van der Waals surface area contributed by atoms with Gasteiger partial charge in [-0.1, -0.05) is 0 Å². The fourth-order valence-electron chi connectivity index (χ4n) is 2.57. The zero-order valence-corrected chi connectivity index (χ0v) is 13.4. The van der Waals surface area contributed by atoms with E-state index in [9.17, 15) is 4.79 Å². The first-order chi connectivity index (χ1) is 12.8. The van der Waals surface area contributed by atoms with E-state index in [4.69, 9.17) is 5.26 Å². The Bertz CT molecular complexity index is 1120. The molecule has 4 aromatic heterocycles. The van der Waals surface area contributed by atoms with Gasteiger partial charge in [-0.05, 0) is 18.2 Å². The molecule has 0 fully saturated rings. The second-order valence-electron chi connectivity index (χ2n) is 5.40. The number of anilines is 1. The maximum atomic E-state index is 12.6. The van der Waals surface area contributed by atoms with Crippen molar-refractivity contribution in [2.75, 3.05) is 5.32 Å². The first kappa shape index (κ1) is 15.5. The van der Waals surface area contributed by atoms with Crippen molar-refractivity contribution in [1.29, 1.82) is 5.26 Å². The van der Waals surface area contributed by atoms with Crippen molar-refractivity contribution in [3.63, 3.8) is 0 Å². The molecule has 4 rings (SSSR count). The average Bonchev–Trinajstić information content (AvgIpc) is 3.29. The molecule has 0 spiro atoms. The van der Waals surface area contributed by atoms with Crippen LogP contribution in [0.5, 0.6) is 0 Å². The van der Waals surface area contributed by atoms with Gasteiger partial charge >= 0.3 is 0 Å². The van der Waals surface area contributed by atoms with Gasteiger partial charge in [0.25, 0.3) is 5.91 Å². The first-order valence-corrected chi connectivity index (χ1v) is 7.70. The van der Waals surface area contributed by atoms with Crippen LogP contribution in [0.15, 0.2) is 55.4 Å². The average molecular weight is 344 g/mol. The van der Waals surface area contributed by atoms with Gasteiger partial charge in [-0.25, -0.2) is 9.50 Å². The van der Waals surface area contributed by atoms with E-state index in [-0.39, 0.29) is 12.5 Å². The van der Waals surface area contributed by atoms with Crippen molar-refractivity contribution in [1.82, 2.24) is 29.4 Å². The highest BCUT2D eigenvalue weighted by molar-refractivity contribution is 6.08. The molecule has 0 aliphatic carbocycles. The third-order valence-electron chi connectivity index (χ3n) is 3.73. The summed E-state index contributed by atoms with van der Waals surface area (Å²) in [7, 11) is 0. The Kier molecular flexibility index (Phi) is 3.83. The number of hydrogen-bond donors (Lipinski definition) is 1. The molecule has 0 unspecified atom stereocenters. The monoisotopic (exact) mass is 344 g/mol. The lowest BCUT2D eigenvalue weighted by atomic mass is 10.2. The van der Waals surface area contributed by atoms with Crippen molar-refractivity contribution in [2.24, 2.45) is 0 Å². The summed E-state index contributed by atoms with van der Waals surface area (Å²) in [5.41, 5.74) is 2.92. The molecule has 0 atom stereocenters. The van der Waals surface area contributed by atoms with Crippen molar-refractivity contribution >= 4 is 17.2 Å². The second kappa shape index (κ2) is 6.45. The van der Waals surface area contributed by atoms with Gasteiger partial charge in [0.05, 0.1) is 29.8 Å². The number of rotatable bonds is 4. The molecule has 126 valence electrons. The molecular weight excluding hydrogens is 332 g/mol. The van der Waals surface area contributed by atoms with Crippen LogP contribution in [0.4, 0.5) is 5.69 Å². The van der Waals surface area contributed by atoms with Gasteiger partial charge in [0, 0.05) is 30.4 Å². The summed E-state index contributed by atoms with van der Waals surface area (Å²) in [6, 6.07) is 7.53. The van der Waals surface area contributed by atoms with E-state index in [0.717, 1.165) is 11.3 Å². The van der Waals surface area contributed by atoms with Gasteiger partial charge < -0.3 is 5.32 Å². The molecule has 1 N–H and O–H groups in total. The van der Waals surface area contributed by atoms with Gasteiger partial charge in [-0.3, -0.25) is 14.5 Å². The molecule has 0 aliphatic heterocycles. The molecule has 0 bridgehead atoms. The number of aromatic nitrogens is 6. The topological polar surface area (TPSA) is 114 Å². The fraction of sp³-hybridized carbons (Fsp3) is 0.0588. The van der Waals surface area contributed by atoms with E-state index < -0.39 is 0 Å². The third kappa shape index (κ3) is 2.76. The normalized spacial score (nSPS) is 10.6. The zero-order valence-electron chi connectivity index (χ0n) is 13.4. The van der Waals surface area contributed by atoms with E-state index in [1.807, 2.05) is 24.3 Å². The van der Waals surface area contributed by atoms with E-state index >= 15 is 0 Å². The maximum Gasteiger partial charge on any atom is 0.261 e. The molecule has 4 heterocycles. The van der Waals surface area contributed by atoms with Crippen molar-refractivity contribution < 1.29 is 4.79 Å². The lowest BCUT2D eigenvalue weighted by molar-refractivity contribution is 0.102. The van der Waals surface area contributed by atoms with Crippen LogP contribution < -0.4 is 5.32 Å². The summed E-state index contributed by atoms with van der Waals surface area (Å²) < 4.78 is 3.04. The number of nitriles is 1. The molecule has 0 saturated heterocycles. The predicted octanol–water partition coefficient (Wildman–Crippen LogP) is 1.76. The van der Waals surface area contributed by atoms with Gasteiger partial charge in [-0.2, -0.15) is 15.5 Å². The van der Waals surface area contributed by atoms with Crippen LogP contribution in [-0.4, -0.2) is 35.3 Å². The van der Waals surface area contributed by atoms with E-state index in [1.54, 1.807) is 29.3 Å². The Morgan fingerprint density at radius 2 is 2.12 bits per heavy atom. The molecule has 9 heteroatoms. The van der Waals surface area contributed by atoms with Crippen molar-refractivity contribution in [3.8, 4) is 17.3 Å². The summed E-state index contributed by atoms with van der Waals surface area (Å²) in [6.45, 7) is 0.114. The summed E-state index contributed by atoms with van der Waals surface area (Å²) in [6.07, 6.45) is 9.57. The maximum absolute atomic E-state index is 12.6. The Morgan fingerprint density at radius 1 is 1.19 bits per heavy atom. The van der Waals surface area contributed by atoms with E-state index in [2.05, 4.69) is 25.5 Å². The number of fused-ring (bicyclic) bond motifs is 1. The Morgan fingerprint density at radius 3 is 2.92 bits per heavy atom. The predicted molar refractivity (Wildman–Crippen MR) is 92.0 cm³/mol. The third-order valence-corrected chi connectivity index (χ3v) is 3.73. The van der Waals surface area contributed by atoms with Crippen molar-refractivity contribution in [2.45, 2.75) is 6.54 Å². The first-order valence-electron chi connectivity index (χ1n) is 7.70. The van der Waals surface area contributed by atoms with Crippen LogP contribution in [0.25, 0.3) is 16.9 Å². The van der Waals surface area contributed by atoms with Crippen LogP contribution in [-0.2, 0) is 6.54 Å². The standard InChI is InChI=1S/C17H12N8O/c18-4-7-24-11-13(9-21-24)23-17(26)14-10-22-25-15(3-6-20-16(14)25)12-2-1-5-19-8-12/h1-3,5-6,8-11H,7H2,(H,23,26). The lowest BCUT2D eigenvalue weighted by Gasteiger charge is -2.04. The zero-order chi connectivity index (χ0) is 17.9. The molecule has 0 saturated carbocycles. The minimum absolute atomic E-state index is 0.114. The van der Waals surface area contributed by atoms with Crippen LogP contribution >= 0.6 is 0 Å². The molecule has 1 amide bonds. The van der Waals surface area contributed by atoms with E-state index in [1.165, 1.54) is 17.1 Å². The number of amides is 1. The highest BCUT2D eigenvalue weighted by atomic mass is 16.1. The highest BCUT2D eigenvalue weighted by Crippen LogP contribution is 2.20. The summed E-state index contributed by atoms with van der Waals surface area (Å²) in [5.74, 6) is -0.354. The van der Waals surface area contributed by atoms with Gasteiger partial charge in [0.1, 0.15) is 12.1 Å². The largest absolute Gasteiger partial charge is 0.319 e. The summed E-state index contributed by atoms with van der Waals surface area (Å²) in [5, 5.41) is 19.7. The van der Waals surface area contributed by atoms with Gasteiger partial charge in [0.2, 0.25) is 0 Å². The molecule has 9 nitrogen and oxygen atoms in total. The second-order valence-corrected chi connectivity index (χ2v) is 5.40. The molecule has 4 aromatic rings. The number of carbonyl (C=O) groups is 1. The number of hydrogen-bond acceptors (Lipinski definition) is 6. The SMILES string of the molecule is N#CCn1cc(NC(=O)c2cnn3c(-c4cccnc4)ccnc23)cn1. The van der Waals surface area contributed by atoms with Crippen LogP contribution in [0.3, 0.4) is 0 Å². The number of nitrogens with zero attached hydrogens (tertiary/aromatic N) is 7. The number of pyridine rings is 1.